The number of carboxylic acid groups (broad SMARTS) is 1. The van der Waals surface area contributed by atoms with Gasteiger partial charge in [0.1, 0.15) is 11.7 Å². The molecule has 1 atom stereocenters. The van der Waals surface area contributed by atoms with Crippen molar-refractivity contribution in [1.29, 1.82) is 0 Å². The Morgan fingerprint density at radius 1 is 1.40 bits per heavy atom. The third-order valence-corrected chi connectivity index (χ3v) is 3.24. The molecule has 0 fully saturated rings. The third-order valence-electron chi connectivity index (χ3n) is 3.24. The first kappa shape index (κ1) is 14.1. The van der Waals surface area contributed by atoms with Crippen LogP contribution in [0, 0.1) is 0 Å². The number of aliphatic carboxylic acids is 1. The van der Waals surface area contributed by atoms with Crippen molar-refractivity contribution in [2.75, 3.05) is 6.54 Å². The lowest BCUT2D eigenvalue weighted by molar-refractivity contribution is -0.138. The number of para-hydroxylation sites is 1. The zero-order chi connectivity index (χ0) is 14.7. The minimum Gasteiger partial charge on any atom is -0.480 e. The maximum Gasteiger partial charge on any atom is 0.320 e. The molecule has 1 heterocycles. The van der Waals surface area contributed by atoms with Crippen molar-refractivity contribution in [2.45, 2.75) is 12.5 Å². The van der Waals surface area contributed by atoms with Crippen molar-refractivity contribution in [3.63, 3.8) is 0 Å². The van der Waals surface area contributed by atoms with E-state index in [-0.39, 0.29) is 18.9 Å². The van der Waals surface area contributed by atoms with Gasteiger partial charge in [0.2, 0.25) is 0 Å². The number of benzene rings is 1. The fourth-order valence-corrected chi connectivity index (χ4v) is 2.06. The van der Waals surface area contributed by atoms with Crippen molar-refractivity contribution in [1.82, 2.24) is 9.88 Å². The van der Waals surface area contributed by atoms with Crippen LogP contribution in [0.15, 0.2) is 30.3 Å². The Morgan fingerprint density at radius 3 is 2.75 bits per heavy atom. The van der Waals surface area contributed by atoms with Gasteiger partial charge in [0.25, 0.3) is 5.91 Å². The minimum absolute atomic E-state index is 0.199. The van der Waals surface area contributed by atoms with Crippen LogP contribution < -0.4 is 11.1 Å². The van der Waals surface area contributed by atoms with Gasteiger partial charge in [-0.15, -0.1) is 0 Å². The number of nitrogens with two attached hydrogens (primary N) is 1. The quantitative estimate of drug-likeness (QED) is 0.748. The average Bonchev–Trinajstić information content (AvgIpc) is 2.76. The molecule has 0 radical (unpaired) electrons. The molecule has 0 spiro atoms. The molecule has 1 amide bonds. The molecular weight excluding hydrogens is 258 g/mol. The number of nitrogens with zero attached hydrogens (tertiary/aromatic N) is 1. The lowest BCUT2D eigenvalue weighted by atomic mass is 10.2. The summed E-state index contributed by atoms with van der Waals surface area (Å²) < 4.78 is 1.81. The number of aromatic nitrogens is 1. The summed E-state index contributed by atoms with van der Waals surface area (Å²) in [7, 11) is 1.82. The number of hydrogen-bond donors (Lipinski definition) is 3. The summed E-state index contributed by atoms with van der Waals surface area (Å²) in [5.74, 6) is -1.30. The number of carbonyl (C=O) groups excluding carboxylic acids is 1. The van der Waals surface area contributed by atoms with Gasteiger partial charge in [-0.05, 0) is 18.6 Å². The predicted octanol–water partition coefficient (Wildman–Crippen LogP) is 0.710. The number of nitrogens with one attached hydrogen (secondary N) is 1. The monoisotopic (exact) mass is 275 g/mol. The van der Waals surface area contributed by atoms with Crippen molar-refractivity contribution in [3.8, 4) is 0 Å². The van der Waals surface area contributed by atoms with Crippen LogP contribution in [0.5, 0.6) is 0 Å². The third kappa shape index (κ3) is 2.80. The van der Waals surface area contributed by atoms with Crippen LogP contribution >= 0.6 is 0 Å². The topological polar surface area (TPSA) is 97.4 Å². The van der Waals surface area contributed by atoms with Gasteiger partial charge in [-0.1, -0.05) is 18.2 Å². The average molecular weight is 275 g/mol. The zero-order valence-corrected chi connectivity index (χ0v) is 11.2. The molecular formula is C14H17N3O3. The largest absolute Gasteiger partial charge is 0.480 e. The molecule has 2 rings (SSSR count). The summed E-state index contributed by atoms with van der Waals surface area (Å²) in [4.78, 5) is 22.6. The number of amides is 1. The highest BCUT2D eigenvalue weighted by molar-refractivity contribution is 5.98. The molecule has 0 aliphatic rings. The van der Waals surface area contributed by atoms with Gasteiger partial charge < -0.3 is 20.7 Å². The van der Waals surface area contributed by atoms with Crippen LogP contribution in [-0.4, -0.2) is 34.1 Å². The zero-order valence-electron chi connectivity index (χ0n) is 11.2. The second-order valence-corrected chi connectivity index (χ2v) is 4.64. The smallest absolute Gasteiger partial charge is 0.320 e. The number of hydrogen-bond acceptors (Lipinski definition) is 3. The van der Waals surface area contributed by atoms with E-state index in [9.17, 15) is 9.59 Å². The van der Waals surface area contributed by atoms with E-state index < -0.39 is 12.0 Å². The van der Waals surface area contributed by atoms with Crippen LogP contribution in [0.25, 0.3) is 10.9 Å². The Hall–Kier alpha value is -2.34. The molecule has 4 N–H and O–H groups in total. The van der Waals surface area contributed by atoms with E-state index in [4.69, 9.17) is 10.8 Å². The van der Waals surface area contributed by atoms with Crippen molar-refractivity contribution in [3.05, 3.63) is 36.0 Å². The fourth-order valence-electron chi connectivity index (χ4n) is 2.06. The first-order valence-corrected chi connectivity index (χ1v) is 6.31. The number of rotatable bonds is 5. The fraction of sp³-hybridized carbons (Fsp3) is 0.286. The van der Waals surface area contributed by atoms with E-state index >= 15 is 0 Å². The summed E-state index contributed by atoms with van der Waals surface area (Å²) >= 11 is 0. The molecule has 0 saturated carbocycles. The lowest BCUT2D eigenvalue weighted by Gasteiger charge is -2.08. The lowest BCUT2D eigenvalue weighted by Crippen LogP contribution is -2.35. The molecule has 0 aliphatic heterocycles. The molecule has 2 aromatic rings. The van der Waals surface area contributed by atoms with Gasteiger partial charge in [-0.25, -0.2) is 0 Å². The Bertz CT molecular complexity index is 648. The predicted molar refractivity (Wildman–Crippen MR) is 75.5 cm³/mol. The molecule has 1 aromatic heterocycles. The number of carbonyl (C=O) groups is 2. The van der Waals surface area contributed by atoms with Crippen LogP contribution in [0.2, 0.25) is 0 Å². The maximum atomic E-state index is 12.1. The molecule has 6 nitrogen and oxygen atoms in total. The van der Waals surface area contributed by atoms with E-state index in [1.165, 1.54) is 0 Å². The second-order valence-electron chi connectivity index (χ2n) is 4.64. The van der Waals surface area contributed by atoms with E-state index in [1.54, 1.807) is 0 Å². The van der Waals surface area contributed by atoms with Gasteiger partial charge in [0.15, 0.2) is 0 Å². The number of carboxylic acids is 1. The van der Waals surface area contributed by atoms with Gasteiger partial charge in [0.05, 0.1) is 0 Å². The molecule has 0 unspecified atom stereocenters. The van der Waals surface area contributed by atoms with Gasteiger partial charge in [-0.2, -0.15) is 0 Å². The van der Waals surface area contributed by atoms with Gasteiger partial charge in [0, 0.05) is 24.5 Å². The SMILES string of the molecule is Cn1c(C(=O)NCC[C@H](N)C(=O)O)cc2ccccc21. The van der Waals surface area contributed by atoms with E-state index in [0.717, 1.165) is 10.9 Å². The normalized spacial score (nSPS) is 12.3. The van der Waals surface area contributed by atoms with Crippen molar-refractivity contribution < 1.29 is 14.7 Å². The molecule has 106 valence electrons. The van der Waals surface area contributed by atoms with E-state index in [0.29, 0.717) is 5.69 Å². The molecule has 0 aliphatic carbocycles. The molecule has 0 saturated heterocycles. The minimum atomic E-state index is -1.07. The highest BCUT2D eigenvalue weighted by Crippen LogP contribution is 2.17. The van der Waals surface area contributed by atoms with Crippen LogP contribution in [-0.2, 0) is 11.8 Å². The Kier molecular flexibility index (Phi) is 4.05. The second kappa shape index (κ2) is 5.75. The Balaban J connectivity index is 2.04. The van der Waals surface area contributed by atoms with E-state index in [2.05, 4.69) is 5.32 Å². The van der Waals surface area contributed by atoms with Crippen LogP contribution in [0.1, 0.15) is 16.9 Å². The van der Waals surface area contributed by atoms with Crippen molar-refractivity contribution in [2.24, 2.45) is 12.8 Å². The summed E-state index contributed by atoms with van der Waals surface area (Å²) in [6, 6.07) is 8.55. The summed E-state index contributed by atoms with van der Waals surface area (Å²) in [5, 5.41) is 12.3. The maximum absolute atomic E-state index is 12.1. The first-order chi connectivity index (χ1) is 9.50. The summed E-state index contributed by atoms with van der Waals surface area (Å²) in [5.41, 5.74) is 6.89. The highest BCUT2D eigenvalue weighted by Gasteiger charge is 2.14. The standard InChI is InChI=1S/C14H17N3O3/c1-17-11-5-3-2-4-9(11)8-12(17)13(18)16-7-6-10(15)14(19)20/h2-5,8,10H,6-7,15H2,1H3,(H,16,18)(H,19,20)/t10-/m0/s1. The molecule has 0 bridgehead atoms. The van der Waals surface area contributed by atoms with Gasteiger partial charge >= 0.3 is 5.97 Å². The Morgan fingerprint density at radius 2 is 2.10 bits per heavy atom. The van der Waals surface area contributed by atoms with Crippen molar-refractivity contribution >= 4 is 22.8 Å². The summed E-state index contributed by atoms with van der Waals surface area (Å²) in [6.45, 7) is 0.230. The highest BCUT2D eigenvalue weighted by atomic mass is 16.4. The molecule has 1 aromatic carbocycles. The summed E-state index contributed by atoms with van der Waals surface area (Å²) in [6.07, 6.45) is 0.199. The molecule has 20 heavy (non-hydrogen) atoms. The first-order valence-electron chi connectivity index (χ1n) is 6.31. The van der Waals surface area contributed by atoms with Crippen LogP contribution in [0.4, 0.5) is 0 Å². The number of fused-ring (bicyclic) bond motifs is 1. The van der Waals surface area contributed by atoms with E-state index in [1.807, 2.05) is 41.9 Å². The molecule has 6 heteroatoms. The number of aryl methyl sites for hydroxylation is 1. The Labute approximate surface area is 116 Å². The van der Waals surface area contributed by atoms with Crippen LogP contribution in [0.3, 0.4) is 0 Å². The van der Waals surface area contributed by atoms with Gasteiger partial charge in [-0.3, -0.25) is 9.59 Å².